The number of aliphatic hydroxyl groups is 1. The number of rotatable bonds is 4. The van der Waals surface area contributed by atoms with Crippen LogP contribution in [-0.4, -0.2) is 39.5 Å². The lowest BCUT2D eigenvalue weighted by Crippen LogP contribution is -2.36. The van der Waals surface area contributed by atoms with Gasteiger partial charge >= 0.3 is 0 Å². The summed E-state index contributed by atoms with van der Waals surface area (Å²) >= 11 is 1.77. The molecule has 1 aliphatic heterocycles. The summed E-state index contributed by atoms with van der Waals surface area (Å²) in [5.41, 5.74) is -0.0170. The molecule has 92 valence electrons. The second kappa shape index (κ2) is 5.06. The fraction of sp³-hybridized carbons (Fsp3) is 0.500. The molecule has 0 saturated carbocycles. The molecule has 0 amide bonds. The molecule has 0 aromatic carbocycles. The lowest BCUT2D eigenvalue weighted by atomic mass is 10.0. The first kappa shape index (κ1) is 12.4. The van der Waals surface area contributed by atoms with Gasteiger partial charge in [-0.25, -0.2) is 4.98 Å². The molecule has 1 unspecified atom stereocenters. The van der Waals surface area contributed by atoms with E-state index in [4.69, 9.17) is 0 Å². The van der Waals surface area contributed by atoms with Gasteiger partial charge in [0.2, 0.25) is 0 Å². The minimum absolute atomic E-state index is 0.00914. The van der Waals surface area contributed by atoms with Crippen LogP contribution in [0.4, 0.5) is 5.82 Å². The molecular weight excluding hydrogens is 236 g/mol. The Morgan fingerprint density at radius 3 is 3.00 bits per heavy atom. The zero-order valence-electron chi connectivity index (χ0n) is 9.77. The van der Waals surface area contributed by atoms with Crippen molar-refractivity contribution in [3.05, 3.63) is 23.9 Å². The van der Waals surface area contributed by atoms with Gasteiger partial charge < -0.3 is 10.4 Å². The van der Waals surface area contributed by atoms with Crippen LogP contribution >= 0.6 is 11.8 Å². The van der Waals surface area contributed by atoms with E-state index in [0.717, 1.165) is 17.9 Å². The van der Waals surface area contributed by atoms with Crippen LogP contribution in [-0.2, 0) is 0 Å². The van der Waals surface area contributed by atoms with E-state index in [2.05, 4.69) is 10.3 Å². The van der Waals surface area contributed by atoms with Crippen molar-refractivity contribution in [2.75, 3.05) is 23.4 Å². The fourth-order valence-corrected chi connectivity index (χ4v) is 2.99. The Morgan fingerprint density at radius 2 is 2.47 bits per heavy atom. The van der Waals surface area contributed by atoms with Gasteiger partial charge in [-0.1, -0.05) is 0 Å². The van der Waals surface area contributed by atoms with Gasteiger partial charge in [0, 0.05) is 24.1 Å². The van der Waals surface area contributed by atoms with E-state index < -0.39 is 5.60 Å². The van der Waals surface area contributed by atoms with E-state index in [9.17, 15) is 9.90 Å². The summed E-state index contributed by atoms with van der Waals surface area (Å²) in [6.07, 6.45) is 2.37. The number of hydrogen-bond donors (Lipinski definition) is 2. The van der Waals surface area contributed by atoms with E-state index in [1.54, 1.807) is 30.1 Å². The molecule has 4 nitrogen and oxygen atoms in total. The monoisotopic (exact) mass is 252 g/mol. The summed E-state index contributed by atoms with van der Waals surface area (Å²) in [5.74, 6) is 2.48. The van der Waals surface area contributed by atoms with Crippen molar-refractivity contribution in [1.82, 2.24) is 4.98 Å². The van der Waals surface area contributed by atoms with Crippen molar-refractivity contribution in [2.45, 2.75) is 18.9 Å². The summed E-state index contributed by atoms with van der Waals surface area (Å²) < 4.78 is 0. The molecule has 5 heteroatoms. The van der Waals surface area contributed by atoms with Gasteiger partial charge in [0.15, 0.2) is 5.78 Å². The zero-order chi connectivity index (χ0) is 12.3. The van der Waals surface area contributed by atoms with Gasteiger partial charge in [0.05, 0.1) is 5.60 Å². The molecule has 0 bridgehead atoms. The Hall–Kier alpha value is -1.07. The van der Waals surface area contributed by atoms with Crippen LogP contribution in [0.5, 0.6) is 0 Å². The van der Waals surface area contributed by atoms with Gasteiger partial charge in [-0.05, 0) is 31.2 Å². The number of carbonyl (C=O) groups is 1. The number of aromatic nitrogens is 1. The predicted molar refractivity (Wildman–Crippen MR) is 69.6 cm³/mol. The molecule has 0 spiro atoms. The number of Topliss-reactive ketones (excluding diaryl/α,β-unsaturated/α-hetero) is 1. The standard InChI is InChI=1S/C12H16N2O2S/c1-9(15)10-2-3-11(13-6-10)14-7-12(16)4-5-17-8-12/h2-3,6,16H,4-5,7-8H2,1H3,(H,13,14). The van der Waals surface area contributed by atoms with E-state index in [1.165, 1.54) is 6.92 Å². The highest BCUT2D eigenvalue weighted by Gasteiger charge is 2.31. The molecular formula is C12H16N2O2S. The van der Waals surface area contributed by atoms with Gasteiger partial charge in [0.25, 0.3) is 0 Å². The van der Waals surface area contributed by atoms with Crippen LogP contribution in [0.3, 0.4) is 0 Å². The minimum Gasteiger partial charge on any atom is -0.387 e. The summed E-state index contributed by atoms with van der Waals surface area (Å²) in [5, 5.41) is 13.2. The summed E-state index contributed by atoms with van der Waals surface area (Å²) in [6.45, 7) is 2.02. The minimum atomic E-state index is -0.619. The van der Waals surface area contributed by atoms with Crippen LogP contribution in [0.1, 0.15) is 23.7 Å². The number of pyridine rings is 1. The van der Waals surface area contributed by atoms with Gasteiger partial charge in [0.1, 0.15) is 5.82 Å². The predicted octanol–water partition coefficient (Wildman–Crippen LogP) is 1.56. The van der Waals surface area contributed by atoms with Crippen LogP contribution in [0.15, 0.2) is 18.3 Å². The van der Waals surface area contributed by atoms with E-state index in [0.29, 0.717) is 17.9 Å². The SMILES string of the molecule is CC(=O)c1ccc(NCC2(O)CCSC2)nc1. The van der Waals surface area contributed by atoms with Gasteiger partial charge in [-0.2, -0.15) is 11.8 Å². The molecule has 1 aromatic heterocycles. The smallest absolute Gasteiger partial charge is 0.161 e. The van der Waals surface area contributed by atoms with Crippen molar-refractivity contribution in [2.24, 2.45) is 0 Å². The summed E-state index contributed by atoms with van der Waals surface area (Å²) in [6, 6.07) is 3.51. The highest BCUT2D eigenvalue weighted by Crippen LogP contribution is 2.27. The molecule has 0 radical (unpaired) electrons. The van der Waals surface area contributed by atoms with Crippen LogP contribution in [0.2, 0.25) is 0 Å². The Morgan fingerprint density at radius 1 is 1.65 bits per heavy atom. The first-order valence-electron chi connectivity index (χ1n) is 5.60. The molecule has 0 aliphatic carbocycles. The first-order valence-corrected chi connectivity index (χ1v) is 6.76. The Labute approximate surface area is 105 Å². The average molecular weight is 252 g/mol. The third-order valence-electron chi connectivity index (χ3n) is 2.85. The third-order valence-corrected chi connectivity index (χ3v) is 4.09. The normalized spacial score (nSPS) is 23.6. The highest BCUT2D eigenvalue weighted by atomic mass is 32.2. The molecule has 1 aliphatic rings. The molecule has 2 N–H and O–H groups in total. The van der Waals surface area contributed by atoms with Crippen molar-refractivity contribution in [1.29, 1.82) is 0 Å². The van der Waals surface area contributed by atoms with E-state index in [1.807, 2.05) is 0 Å². The maximum Gasteiger partial charge on any atom is 0.161 e. The average Bonchev–Trinajstić information content (AvgIpc) is 2.75. The van der Waals surface area contributed by atoms with E-state index >= 15 is 0 Å². The summed E-state index contributed by atoms with van der Waals surface area (Å²) in [7, 11) is 0. The quantitative estimate of drug-likeness (QED) is 0.796. The number of ketones is 1. The second-order valence-corrected chi connectivity index (χ2v) is 5.47. The molecule has 1 fully saturated rings. The lowest BCUT2D eigenvalue weighted by Gasteiger charge is -2.21. The number of carbonyl (C=O) groups excluding carboxylic acids is 1. The molecule has 17 heavy (non-hydrogen) atoms. The zero-order valence-corrected chi connectivity index (χ0v) is 10.6. The Balaban J connectivity index is 1.93. The molecule has 1 aromatic rings. The molecule has 2 heterocycles. The van der Waals surface area contributed by atoms with Crippen molar-refractivity contribution >= 4 is 23.4 Å². The third kappa shape index (κ3) is 3.20. The van der Waals surface area contributed by atoms with Crippen LogP contribution < -0.4 is 5.32 Å². The molecule has 1 atom stereocenters. The summed E-state index contributed by atoms with van der Waals surface area (Å²) in [4.78, 5) is 15.2. The first-order chi connectivity index (χ1) is 8.09. The van der Waals surface area contributed by atoms with E-state index in [-0.39, 0.29) is 5.78 Å². The van der Waals surface area contributed by atoms with Crippen LogP contribution in [0, 0.1) is 0 Å². The topological polar surface area (TPSA) is 62.2 Å². The fourth-order valence-electron chi connectivity index (χ4n) is 1.70. The number of hydrogen-bond acceptors (Lipinski definition) is 5. The van der Waals surface area contributed by atoms with Crippen molar-refractivity contribution in [3.8, 4) is 0 Å². The highest BCUT2D eigenvalue weighted by molar-refractivity contribution is 7.99. The van der Waals surface area contributed by atoms with Crippen molar-refractivity contribution < 1.29 is 9.90 Å². The molecule has 2 rings (SSSR count). The number of thioether (sulfide) groups is 1. The van der Waals surface area contributed by atoms with Gasteiger partial charge in [-0.3, -0.25) is 4.79 Å². The Kier molecular flexibility index (Phi) is 3.69. The maximum atomic E-state index is 11.1. The lowest BCUT2D eigenvalue weighted by molar-refractivity contribution is 0.0819. The van der Waals surface area contributed by atoms with Crippen molar-refractivity contribution in [3.63, 3.8) is 0 Å². The number of anilines is 1. The number of nitrogens with zero attached hydrogens (tertiary/aromatic N) is 1. The Bertz CT molecular complexity index is 399. The van der Waals surface area contributed by atoms with Gasteiger partial charge in [-0.15, -0.1) is 0 Å². The number of nitrogens with one attached hydrogen (secondary N) is 1. The maximum absolute atomic E-state index is 11.1. The molecule has 1 saturated heterocycles. The van der Waals surface area contributed by atoms with Crippen LogP contribution in [0.25, 0.3) is 0 Å². The largest absolute Gasteiger partial charge is 0.387 e. The second-order valence-electron chi connectivity index (χ2n) is 4.37.